The van der Waals surface area contributed by atoms with Crippen LogP contribution < -0.4 is 20.8 Å². The summed E-state index contributed by atoms with van der Waals surface area (Å²) in [5.74, 6) is 0.567. The Bertz CT molecular complexity index is 1050. The second kappa shape index (κ2) is 10.5. The SMILES string of the molecule is N/C(=N\NC(=S)N1CCN(c2ccccc2)CC1)c1cncc(OCc2ccccc2)n1. The Labute approximate surface area is 192 Å². The third kappa shape index (κ3) is 5.70. The smallest absolute Gasteiger partial charge is 0.233 e. The fourth-order valence-electron chi connectivity index (χ4n) is 3.32. The highest BCUT2D eigenvalue weighted by Gasteiger charge is 2.19. The normalized spacial score (nSPS) is 14.2. The van der Waals surface area contributed by atoms with Crippen molar-refractivity contribution in [2.24, 2.45) is 10.8 Å². The molecule has 0 amide bonds. The number of piperazine rings is 1. The van der Waals surface area contributed by atoms with E-state index in [1.165, 1.54) is 11.9 Å². The summed E-state index contributed by atoms with van der Waals surface area (Å²) >= 11 is 5.49. The lowest BCUT2D eigenvalue weighted by molar-refractivity contribution is 0.292. The minimum atomic E-state index is 0.188. The van der Waals surface area contributed by atoms with Gasteiger partial charge in [-0.05, 0) is 29.9 Å². The molecule has 164 valence electrons. The average Bonchev–Trinajstić information content (AvgIpc) is 2.87. The van der Waals surface area contributed by atoms with Gasteiger partial charge in [-0.3, -0.25) is 10.4 Å². The number of hydrogen-bond acceptors (Lipinski definition) is 6. The average molecular weight is 448 g/mol. The molecule has 8 nitrogen and oxygen atoms in total. The Balaban J connectivity index is 1.29. The van der Waals surface area contributed by atoms with Gasteiger partial charge in [-0.15, -0.1) is 0 Å². The molecule has 1 saturated heterocycles. The molecule has 0 atom stereocenters. The molecule has 0 aliphatic carbocycles. The molecule has 0 saturated carbocycles. The van der Waals surface area contributed by atoms with E-state index in [0.717, 1.165) is 31.7 Å². The Morgan fingerprint density at radius 2 is 1.69 bits per heavy atom. The van der Waals surface area contributed by atoms with Gasteiger partial charge in [-0.1, -0.05) is 48.5 Å². The van der Waals surface area contributed by atoms with Crippen molar-refractivity contribution in [1.29, 1.82) is 0 Å². The summed E-state index contributed by atoms with van der Waals surface area (Å²) in [5.41, 5.74) is 11.6. The van der Waals surface area contributed by atoms with Crippen molar-refractivity contribution in [3.05, 3.63) is 84.3 Å². The Morgan fingerprint density at radius 3 is 2.41 bits per heavy atom. The van der Waals surface area contributed by atoms with Crippen molar-refractivity contribution in [2.45, 2.75) is 6.61 Å². The summed E-state index contributed by atoms with van der Waals surface area (Å²) in [7, 11) is 0. The van der Waals surface area contributed by atoms with Crippen LogP contribution in [0.4, 0.5) is 5.69 Å². The number of anilines is 1. The molecule has 1 aromatic heterocycles. The van der Waals surface area contributed by atoms with Gasteiger partial charge >= 0.3 is 0 Å². The maximum absolute atomic E-state index is 6.09. The summed E-state index contributed by atoms with van der Waals surface area (Å²) in [5, 5.41) is 4.73. The molecule has 32 heavy (non-hydrogen) atoms. The molecule has 9 heteroatoms. The van der Waals surface area contributed by atoms with Gasteiger partial charge in [-0.25, -0.2) is 4.98 Å². The maximum atomic E-state index is 6.09. The fourth-order valence-corrected chi connectivity index (χ4v) is 3.54. The lowest BCUT2D eigenvalue weighted by Crippen LogP contribution is -2.51. The predicted octanol–water partition coefficient (Wildman–Crippen LogP) is 2.37. The summed E-state index contributed by atoms with van der Waals surface area (Å²) in [6, 6.07) is 20.2. The number of nitrogens with two attached hydrogens (primary N) is 1. The van der Waals surface area contributed by atoms with Crippen LogP contribution in [-0.4, -0.2) is 52.0 Å². The molecule has 2 heterocycles. The first-order chi connectivity index (χ1) is 15.7. The molecule has 3 N–H and O–H groups in total. The Kier molecular flexibility index (Phi) is 7.08. The molecular weight excluding hydrogens is 422 g/mol. The van der Waals surface area contributed by atoms with Crippen LogP contribution in [0.2, 0.25) is 0 Å². The maximum Gasteiger partial charge on any atom is 0.233 e. The van der Waals surface area contributed by atoms with E-state index >= 15 is 0 Å². The van der Waals surface area contributed by atoms with Crippen LogP contribution in [-0.2, 0) is 6.61 Å². The number of nitrogens with zero attached hydrogens (tertiary/aromatic N) is 5. The number of aromatic nitrogens is 2. The predicted molar refractivity (Wildman–Crippen MR) is 129 cm³/mol. The number of nitrogens with one attached hydrogen (secondary N) is 1. The van der Waals surface area contributed by atoms with E-state index in [0.29, 0.717) is 23.3 Å². The molecular formula is C23H25N7OS. The van der Waals surface area contributed by atoms with E-state index < -0.39 is 0 Å². The molecule has 0 bridgehead atoms. The molecule has 1 fully saturated rings. The number of hydrogen-bond donors (Lipinski definition) is 2. The number of amidine groups is 1. The second-order valence-electron chi connectivity index (χ2n) is 7.24. The van der Waals surface area contributed by atoms with E-state index in [4.69, 9.17) is 22.7 Å². The monoisotopic (exact) mass is 447 g/mol. The number of para-hydroxylation sites is 1. The quantitative estimate of drug-likeness (QED) is 0.258. The van der Waals surface area contributed by atoms with Crippen molar-refractivity contribution in [1.82, 2.24) is 20.3 Å². The van der Waals surface area contributed by atoms with E-state index in [1.807, 2.05) is 36.4 Å². The standard InChI is InChI=1S/C23H25N7OS/c24-22(20-15-25-16-21(26-20)31-17-18-7-3-1-4-8-18)27-28-23(32)30-13-11-29(12-14-30)19-9-5-2-6-10-19/h1-10,15-16H,11-14,17H2,(H2,24,27)(H,28,32). The summed E-state index contributed by atoms with van der Waals surface area (Å²) in [6.45, 7) is 3.78. The van der Waals surface area contributed by atoms with Crippen LogP contribution in [0, 0.1) is 0 Å². The zero-order valence-corrected chi connectivity index (χ0v) is 18.4. The zero-order valence-electron chi connectivity index (χ0n) is 17.6. The first-order valence-corrected chi connectivity index (χ1v) is 10.8. The van der Waals surface area contributed by atoms with Gasteiger partial charge in [0.2, 0.25) is 5.88 Å². The highest BCUT2D eigenvalue weighted by Crippen LogP contribution is 2.15. The summed E-state index contributed by atoms with van der Waals surface area (Å²) in [6.07, 6.45) is 3.08. The highest BCUT2D eigenvalue weighted by molar-refractivity contribution is 7.80. The fraction of sp³-hybridized carbons (Fsp3) is 0.217. The largest absolute Gasteiger partial charge is 0.472 e. The second-order valence-corrected chi connectivity index (χ2v) is 7.63. The van der Waals surface area contributed by atoms with Gasteiger partial charge in [-0.2, -0.15) is 5.10 Å². The number of rotatable bonds is 6. The Morgan fingerprint density at radius 1 is 1.00 bits per heavy atom. The molecule has 3 aromatic rings. The van der Waals surface area contributed by atoms with Crippen LogP contribution in [0.1, 0.15) is 11.3 Å². The van der Waals surface area contributed by atoms with E-state index in [2.05, 4.69) is 54.6 Å². The van der Waals surface area contributed by atoms with Gasteiger partial charge in [0.25, 0.3) is 0 Å². The zero-order chi connectivity index (χ0) is 22.2. The van der Waals surface area contributed by atoms with Crippen LogP contribution in [0.5, 0.6) is 5.88 Å². The molecule has 1 aliphatic heterocycles. The number of benzene rings is 2. The molecule has 4 rings (SSSR count). The molecule has 0 radical (unpaired) electrons. The third-order valence-corrected chi connectivity index (χ3v) is 5.41. The molecule has 0 spiro atoms. The topological polar surface area (TPSA) is 91.9 Å². The van der Waals surface area contributed by atoms with Crippen molar-refractivity contribution < 1.29 is 4.74 Å². The first-order valence-electron chi connectivity index (χ1n) is 10.4. The van der Waals surface area contributed by atoms with Crippen LogP contribution in [0.15, 0.2) is 78.2 Å². The van der Waals surface area contributed by atoms with Crippen LogP contribution >= 0.6 is 12.2 Å². The molecule has 1 aliphatic rings. The van der Waals surface area contributed by atoms with E-state index in [9.17, 15) is 0 Å². The van der Waals surface area contributed by atoms with Crippen LogP contribution in [0.25, 0.3) is 0 Å². The van der Waals surface area contributed by atoms with Gasteiger partial charge in [0, 0.05) is 31.9 Å². The number of ether oxygens (including phenoxy) is 1. The van der Waals surface area contributed by atoms with Crippen molar-refractivity contribution in [3.8, 4) is 5.88 Å². The highest BCUT2D eigenvalue weighted by atomic mass is 32.1. The lowest BCUT2D eigenvalue weighted by atomic mass is 10.2. The van der Waals surface area contributed by atoms with Gasteiger partial charge in [0.05, 0.1) is 12.4 Å². The molecule has 0 unspecified atom stereocenters. The van der Waals surface area contributed by atoms with Crippen LogP contribution in [0.3, 0.4) is 0 Å². The number of hydrazone groups is 1. The van der Waals surface area contributed by atoms with Crippen molar-refractivity contribution in [2.75, 3.05) is 31.1 Å². The minimum absolute atomic E-state index is 0.188. The van der Waals surface area contributed by atoms with Gasteiger partial charge in [0.1, 0.15) is 12.3 Å². The lowest BCUT2D eigenvalue weighted by Gasteiger charge is -2.36. The first kappa shape index (κ1) is 21.5. The third-order valence-electron chi connectivity index (χ3n) is 5.06. The molecule has 2 aromatic carbocycles. The van der Waals surface area contributed by atoms with Crippen molar-refractivity contribution in [3.63, 3.8) is 0 Å². The summed E-state index contributed by atoms with van der Waals surface area (Å²) in [4.78, 5) is 12.9. The minimum Gasteiger partial charge on any atom is -0.472 e. The van der Waals surface area contributed by atoms with Crippen molar-refractivity contribution >= 4 is 28.9 Å². The van der Waals surface area contributed by atoms with E-state index in [1.54, 1.807) is 6.20 Å². The number of thiocarbonyl (C=S) groups is 1. The Hall–Kier alpha value is -3.72. The van der Waals surface area contributed by atoms with Gasteiger partial charge in [0.15, 0.2) is 10.9 Å². The van der Waals surface area contributed by atoms with E-state index in [-0.39, 0.29) is 5.84 Å². The van der Waals surface area contributed by atoms with Gasteiger partial charge < -0.3 is 20.3 Å². The summed E-state index contributed by atoms with van der Waals surface area (Å²) < 4.78 is 5.71.